The van der Waals surface area contributed by atoms with Crippen molar-refractivity contribution in [3.05, 3.63) is 35.9 Å². The number of aliphatic hydroxyl groups is 1. The Morgan fingerprint density at radius 2 is 2.00 bits per heavy atom. The zero-order chi connectivity index (χ0) is 8.60. The highest BCUT2D eigenvalue weighted by atomic mass is 17.3. The van der Waals surface area contributed by atoms with Crippen LogP contribution in [0, 0.1) is 0 Å². The summed E-state index contributed by atoms with van der Waals surface area (Å²) in [5, 5.41) is 9.15. The van der Waals surface area contributed by atoms with Gasteiger partial charge in [0.2, 0.25) is 12.0 Å². The van der Waals surface area contributed by atoms with Crippen molar-refractivity contribution in [1.82, 2.24) is 0 Å². The lowest BCUT2D eigenvalue weighted by Crippen LogP contribution is -2.60. The Labute approximate surface area is 69.4 Å². The van der Waals surface area contributed by atoms with Gasteiger partial charge in [0, 0.05) is 5.56 Å². The number of hydrogen-bond acceptors (Lipinski definition) is 4. The molecule has 0 radical (unpaired) electrons. The van der Waals surface area contributed by atoms with E-state index in [1.165, 1.54) is 0 Å². The maximum atomic E-state index is 9.15. The molecule has 2 unspecified atom stereocenters. The Morgan fingerprint density at radius 3 is 2.42 bits per heavy atom. The monoisotopic (exact) mass is 167 g/mol. The van der Waals surface area contributed by atoms with Crippen LogP contribution in [-0.4, -0.2) is 11.4 Å². The van der Waals surface area contributed by atoms with E-state index in [2.05, 4.69) is 9.78 Å². The smallest absolute Gasteiger partial charge is 0.239 e. The van der Waals surface area contributed by atoms with Gasteiger partial charge in [-0.3, -0.25) is 5.73 Å². The highest BCUT2D eigenvalue weighted by Gasteiger charge is 2.49. The molecular weight excluding hydrogens is 158 g/mol. The number of nitrogens with two attached hydrogens (primary N) is 1. The van der Waals surface area contributed by atoms with Crippen LogP contribution in [0.1, 0.15) is 5.56 Å². The van der Waals surface area contributed by atoms with Gasteiger partial charge in [-0.2, -0.15) is 4.89 Å². The highest BCUT2D eigenvalue weighted by molar-refractivity contribution is 5.22. The number of rotatable bonds is 1. The molecule has 4 heteroatoms. The minimum absolute atomic E-state index is 0.698. The molecule has 0 bridgehead atoms. The van der Waals surface area contributed by atoms with Crippen LogP contribution in [-0.2, 0) is 15.5 Å². The molecule has 64 valence electrons. The third-order valence-corrected chi connectivity index (χ3v) is 1.87. The van der Waals surface area contributed by atoms with Gasteiger partial charge >= 0.3 is 0 Å². The molecule has 0 spiro atoms. The van der Waals surface area contributed by atoms with Crippen molar-refractivity contribution in [3.8, 4) is 0 Å². The molecule has 1 fully saturated rings. The summed E-state index contributed by atoms with van der Waals surface area (Å²) < 4.78 is 0. The largest absolute Gasteiger partial charge is 0.362 e. The Bertz CT molecular complexity index is 277. The molecule has 0 aliphatic carbocycles. The quantitative estimate of drug-likeness (QED) is 0.581. The summed E-state index contributed by atoms with van der Waals surface area (Å²) in [6.45, 7) is 0. The van der Waals surface area contributed by atoms with Gasteiger partial charge in [0.25, 0.3) is 0 Å². The van der Waals surface area contributed by atoms with Crippen molar-refractivity contribution in [2.24, 2.45) is 5.73 Å². The standard InChI is InChI=1S/C8H9NO3/c9-8(7(10)11-12-8)6-4-2-1-3-5-6/h1-5,7,10H,9H2. The minimum Gasteiger partial charge on any atom is -0.362 e. The van der Waals surface area contributed by atoms with Gasteiger partial charge in [-0.25, -0.2) is 4.89 Å². The summed E-state index contributed by atoms with van der Waals surface area (Å²) in [6.07, 6.45) is -1.08. The maximum Gasteiger partial charge on any atom is 0.239 e. The van der Waals surface area contributed by atoms with Crippen molar-refractivity contribution >= 4 is 0 Å². The lowest BCUT2D eigenvalue weighted by molar-refractivity contribution is -0.562. The number of hydrogen-bond donors (Lipinski definition) is 2. The molecule has 3 N–H and O–H groups in total. The van der Waals surface area contributed by atoms with Crippen molar-refractivity contribution in [2.45, 2.75) is 12.0 Å². The predicted molar refractivity (Wildman–Crippen MR) is 40.5 cm³/mol. The third-order valence-electron chi connectivity index (χ3n) is 1.87. The predicted octanol–water partition coefficient (Wildman–Crippen LogP) is 0.0783. The van der Waals surface area contributed by atoms with E-state index in [4.69, 9.17) is 10.8 Å². The average molecular weight is 167 g/mol. The van der Waals surface area contributed by atoms with Crippen LogP contribution in [0.15, 0.2) is 30.3 Å². The second kappa shape index (κ2) is 2.53. The van der Waals surface area contributed by atoms with Crippen molar-refractivity contribution < 1.29 is 14.9 Å². The lowest BCUT2D eigenvalue weighted by Gasteiger charge is -2.40. The third kappa shape index (κ3) is 0.937. The van der Waals surface area contributed by atoms with E-state index in [1.54, 1.807) is 12.1 Å². The topological polar surface area (TPSA) is 64.7 Å². The van der Waals surface area contributed by atoms with Crippen LogP contribution in [0.4, 0.5) is 0 Å². The summed E-state index contributed by atoms with van der Waals surface area (Å²) >= 11 is 0. The summed E-state index contributed by atoms with van der Waals surface area (Å²) in [6, 6.07) is 9.03. The Hall–Kier alpha value is -0.940. The van der Waals surface area contributed by atoms with E-state index in [1.807, 2.05) is 18.2 Å². The normalized spacial score (nSPS) is 34.3. The molecule has 0 aromatic heterocycles. The molecule has 12 heavy (non-hydrogen) atoms. The van der Waals surface area contributed by atoms with Crippen LogP contribution in [0.5, 0.6) is 0 Å². The first-order valence-electron chi connectivity index (χ1n) is 3.60. The lowest BCUT2D eigenvalue weighted by atomic mass is 10.0. The van der Waals surface area contributed by atoms with Gasteiger partial charge in [-0.05, 0) is 0 Å². The molecule has 1 aromatic rings. The first-order chi connectivity index (χ1) is 5.73. The first-order valence-corrected chi connectivity index (χ1v) is 3.60. The van der Waals surface area contributed by atoms with E-state index >= 15 is 0 Å². The summed E-state index contributed by atoms with van der Waals surface area (Å²) in [7, 11) is 0. The van der Waals surface area contributed by atoms with E-state index in [-0.39, 0.29) is 0 Å². The Balaban J connectivity index is 2.31. The molecule has 2 atom stereocenters. The van der Waals surface area contributed by atoms with Crippen LogP contribution in [0.2, 0.25) is 0 Å². The molecule has 1 aliphatic rings. The van der Waals surface area contributed by atoms with E-state index < -0.39 is 12.0 Å². The van der Waals surface area contributed by atoms with Gasteiger partial charge < -0.3 is 5.11 Å². The molecular formula is C8H9NO3. The zero-order valence-electron chi connectivity index (χ0n) is 6.31. The maximum absolute atomic E-state index is 9.15. The van der Waals surface area contributed by atoms with Crippen LogP contribution in [0.3, 0.4) is 0 Å². The molecule has 1 aromatic carbocycles. The molecule has 1 saturated heterocycles. The van der Waals surface area contributed by atoms with Crippen molar-refractivity contribution in [3.63, 3.8) is 0 Å². The Kier molecular flexibility index (Phi) is 1.62. The molecule has 0 amide bonds. The van der Waals surface area contributed by atoms with Gasteiger partial charge in [0.1, 0.15) is 0 Å². The van der Waals surface area contributed by atoms with Gasteiger partial charge in [0.05, 0.1) is 0 Å². The molecule has 2 rings (SSSR count). The molecule has 4 nitrogen and oxygen atoms in total. The Morgan fingerprint density at radius 1 is 1.33 bits per heavy atom. The summed E-state index contributed by atoms with van der Waals surface area (Å²) in [4.78, 5) is 8.98. The second-order valence-electron chi connectivity index (χ2n) is 2.69. The fraction of sp³-hybridized carbons (Fsp3) is 0.250. The molecule has 1 heterocycles. The van der Waals surface area contributed by atoms with Crippen molar-refractivity contribution in [2.75, 3.05) is 0 Å². The van der Waals surface area contributed by atoms with Crippen LogP contribution < -0.4 is 5.73 Å². The molecule has 0 saturated carbocycles. The van der Waals surface area contributed by atoms with Crippen molar-refractivity contribution in [1.29, 1.82) is 0 Å². The SMILES string of the molecule is NC1(c2ccccc2)OOC1O. The van der Waals surface area contributed by atoms with Gasteiger partial charge in [-0.15, -0.1) is 0 Å². The van der Waals surface area contributed by atoms with Crippen LogP contribution in [0.25, 0.3) is 0 Å². The molecule has 1 aliphatic heterocycles. The number of benzene rings is 1. The minimum atomic E-state index is -1.19. The fourth-order valence-corrected chi connectivity index (χ4v) is 1.08. The zero-order valence-corrected chi connectivity index (χ0v) is 6.31. The number of aliphatic hydroxyl groups excluding tert-OH is 1. The van der Waals surface area contributed by atoms with Crippen LogP contribution >= 0.6 is 0 Å². The highest BCUT2D eigenvalue weighted by Crippen LogP contribution is 2.32. The van der Waals surface area contributed by atoms with E-state index in [9.17, 15) is 0 Å². The van der Waals surface area contributed by atoms with E-state index in [0.717, 1.165) is 0 Å². The first kappa shape index (κ1) is 7.70. The van der Waals surface area contributed by atoms with Gasteiger partial charge in [0.15, 0.2) is 0 Å². The average Bonchev–Trinajstić information content (AvgIpc) is 2.16. The van der Waals surface area contributed by atoms with E-state index in [0.29, 0.717) is 5.56 Å². The summed E-state index contributed by atoms with van der Waals surface area (Å²) in [5.74, 6) is 0. The summed E-state index contributed by atoms with van der Waals surface area (Å²) in [5.41, 5.74) is 5.18. The fourth-order valence-electron chi connectivity index (χ4n) is 1.08. The van der Waals surface area contributed by atoms with Gasteiger partial charge in [-0.1, -0.05) is 30.3 Å². The second-order valence-corrected chi connectivity index (χ2v) is 2.69.